The topological polar surface area (TPSA) is 85.2 Å². The molecule has 0 bridgehead atoms. The zero-order chi connectivity index (χ0) is 14.9. The molecule has 1 aromatic carbocycles. The van der Waals surface area contributed by atoms with Gasteiger partial charge in [-0.05, 0) is 12.8 Å². The predicted octanol–water partition coefficient (Wildman–Crippen LogP) is 1.90. The van der Waals surface area contributed by atoms with Crippen molar-refractivity contribution in [2.45, 2.75) is 26.4 Å². The van der Waals surface area contributed by atoms with Gasteiger partial charge < -0.3 is 24.4 Å². The molecular weight excluding hydrogens is 264 g/mol. The summed E-state index contributed by atoms with van der Waals surface area (Å²) >= 11 is 0. The first-order chi connectivity index (χ1) is 9.31. The zero-order valence-electron chi connectivity index (χ0n) is 11.7. The van der Waals surface area contributed by atoms with E-state index in [1.54, 1.807) is 6.92 Å². The summed E-state index contributed by atoms with van der Waals surface area (Å²) in [6.45, 7) is 5.42. The van der Waals surface area contributed by atoms with Gasteiger partial charge >= 0.3 is 5.97 Å². The number of hydrogen-bond acceptors (Lipinski definition) is 5. The van der Waals surface area contributed by atoms with Crippen molar-refractivity contribution in [2.75, 3.05) is 13.4 Å². The molecule has 1 aliphatic rings. The maximum atomic E-state index is 11.2. The van der Waals surface area contributed by atoms with E-state index in [9.17, 15) is 15.0 Å². The molecule has 1 atom stereocenters. The SMILES string of the molecule is CC(C)C(C)(O)COc1cc2c(cc1C(=O)O)OCO2. The Labute approximate surface area is 116 Å². The number of rotatable bonds is 5. The summed E-state index contributed by atoms with van der Waals surface area (Å²) in [7, 11) is 0. The number of fused-ring (bicyclic) bond motifs is 1. The maximum absolute atomic E-state index is 11.2. The van der Waals surface area contributed by atoms with E-state index in [1.165, 1.54) is 12.1 Å². The monoisotopic (exact) mass is 282 g/mol. The van der Waals surface area contributed by atoms with Gasteiger partial charge in [-0.25, -0.2) is 4.79 Å². The fourth-order valence-corrected chi connectivity index (χ4v) is 1.60. The molecule has 1 aromatic rings. The fraction of sp³-hybridized carbons (Fsp3) is 0.500. The number of aromatic carboxylic acids is 1. The highest BCUT2D eigenvalue weighted by atomic mass is 16.7. The van der Waals surface area contributed by atoms with Crippen LogP contribution in [-0.2, 0) is 0 Å². The van der Waals surface area contributed by atoms with Crippen LogP contribution in [-0.4, -0.2) is 35.2 Å². The van der Waals surface area contributed by atoms with Gasteiger partial charge in [0, 0.05) is 12.1 Å². The molecule has 0 spiro atoms. The van der Waals surface area contributed by atoms with Gasteiger partial charge in [-0.15, -0.1) is 0 Å². The van der Waals surface area contributed by atoms with Crippen molar-refractivity contribution in [1.29, 1.82) is 0 Å². The smallest absolute Gasteiger partial charge is 0.339 e. The lowest BCUT2D eigenvalue weighted by Crippen LogP contribution is -2.38. The normalized spacial score (nSPS) is 16.1. The number of carboxylic acid groups (broad SMARTS) is 1. The second-order valence-electron chi connectivity index (χ2n) is 5.31. The fourth-order valence-electron chi connectivity index (χ4n) is 1.60. The van der Waals surface area contributed by atoms with Crippen molar-refractivity contribution in [1.82, 2.24) is 0 Å². The largest absolute Gasteiger partial charge is 0.490 e. The highest BCUT2D eigenvalue weighted by Crippen LogP contribution is 2.38. The molecule has 0 aromatic heterocycles. The molecule has 6 heteroatoms. The van der Waals surface area contributed by atoms with E-state index in [0.29, 0.717) is 11.5 Å². The van der Waals surface area contributed by atoms with Crippen LogP contribution in [0, 0.1) is 5.92 Å². The molecule has 2 N–H and O–H groups in total. The Kier molecular flexibility index (Phi) is 3.76. The number of carbonyl (C=O) groups is 1. The predicted molar refractivity (Wildman–Crippen MR) is 70.5 cm³/mol. The molecule has 0 fully saturated rings. The minimum atomic E-state index is -1.12. The van der Waals surface area contributed by atoms with Crippen LogP contribution in [0.1, 0.15) is 31.1 Å². The highest BCUT2D eigenvalue weighted by Gasteiger charge is 2.28. The Morgan fingerprint density at radius 1 is 1.40 bits per heavy atom. The molecule has 0 saturated carbocycles. The average molecular weight is 282 g/mol. The van der Waals surface area contributed by atoms with Gasteiger partial charge in [0.15, 0.2) is 11.5 Å². The van der Waals surface area contributed by atoms with Crippen molar-refractivity contribution in [3.8, 4) is 17.2 Å². The molecule has 1 unspecified atom stereocenters. The zero-order valence-corrected chi connectivity index (χ0v) is 11.7. The van der Waals surface area contributed by atoms with E-state index >= 15 is 0 Å². The van der Waals surface area contributed by atoms with E-state index in [2.05, 4.69) is 0 Å². The minimum absolute atomic E-state index is 0.00933. The number of benzene rings is 1. The summed E-state index contributed by atoms with van der Waals surface area (Å²) in [5, 5.41) is 19.3. The number of hydrogen-bond donors (Lipinski definition) is 2. The molecular formula is C14H18O6. The molecule has 1 heterocycles. The molecule has 2 rings (SSSR count). The van der Waals surface area contributed by atoms with Gasteiger partial charge in [0.05, 0.1) is 5.60 Å². The first-order valence-electron chi connectivity index (χ1n) is 6.33. The molecule has 0 radical (unpaired) electrons. The first kappa shape index (κ1) is 14.5. The van der Waals surface area contributed by atoms with E-state index in [0.717, 1.165) is 0 Å². The summed E-state index contributed by atoms with van der Waals surface area (Å²) in [4.78, 5) is 11.2. The first-order valence-corrected chi connectivity index (χ1v) is 6.33. The lowest BCUT2D eigenvalue weighted by atomic mass is 9.94. The summed E-state index contributed by atoms with van der Waals surface area (Å²) in [5.41, 5.74) is -1.07. The van der Waals surface area contributed by atoms with Crippen LogP contribution in [0.2, 0.25) is 0 Å². The summed E-state index contributed by atoms with van der Waals surface area (Å²) < 4.78 is 15.8. The molecule has 20 heavy (non-hydrogen) atoms. The van der Waals surface area contributed by atoms with Gasteiger partial charge in [0.25, 0.3) is 0 Å². The molecule has 110 valence electrons. The Morgan fingerprint density at radius 2 is 2.00 bits per heavy atom. The van der Waals surface area contributed by atoms with Crippen LogP contribution in [0.25, 0.3) is 0 Å². The minimum Gasteiger partial charge on any atom is -0.490 e. The Bertz CT molecular complexity index is 521. The lowest BCUT2D eigenvalue weighted by Gasteiger charge is -2.27. The van der Waals surface area contributed by atoms with Crippen LogP contribution in [0.4, 0.5) is 0 Å². The molecule has 1 aliphatic heterocycles. The van der Waals surface area contributed by atoms with E-state index in [4.69, 9.17) is 14.2 Å². The Morgan fingerprint density at radius 3 is 2.55 bits per heavy atom. The van der Waals surface area contributed by atoms with Crippen LogP contribution in [0.5, 0.6) is 17.2 Å². The summed E-state index contributed by atoms with van der Waals surface area (Å²) in [6, 6.07) is 2.84. The van der Waals surface area contributed by atoms with Gasteiger partial charge in [0.2, 0.25) is 6.79 Å². The van der Waals surface area contributed by atoms with Gasteiger partial charge in [-0.1, -0.05) is 13.8 Å². The summed E-state index contributed by atoms with van der Waals surface area (Å²) in [6.07, 6.45) is 0. The Balaban J connectivity index is 2.25. The Hall–Kier alpha value is -1.95. The molecule has 0 amide bonds. The van der Waals surface area contributed by atoms with E-state index < -0.39 is 11.6 Å². The van der Waals surface area contributed by atoms with Crippen molar-refractivity contribution in [3.63, 3.8) is 0 Å². The van der Waals surface area contributed by atoms with E-state index in [-0.39, 0.29) is 30.6 Å². The number of ether oxygens (including phenoxy) is 3. The quantitative estimate of drug-likeness (QED) is 0.858. The van der Waals surface area contributed by atoms with Crippen LogP contribution < -0.4 is 14.2 Å². The lowest BCUT2D eigenvalue weighted by molar-refractivity contribution is -0.0269. The number of aliphatic hydroxyl groups is 1. The van der Waals surface area contributed by atoms with Gasteiger partial charge in [-0.3, -0.25) is 0 Å². The second kappa shape index (κ2) is 5.20. The van der Waals surface area contributed by atoms with Crippen molar-refractivity contribution in [3.05, 3.63) is 17.7 Å². The highest BCUT2D eigenvalue weighted by molar-refractivity contribution is 5.92. The molecule has 0 aliphatic carbocycles. The standard InChI is InChI=1S/C14H18O6/c1-8(2)14(3,17)6-18-10-5-12-11(19-7-20-12)4-9(10)13(15)16/h4-5,8,17H,6-7H2,1-3H3,(H,15,16). The average Bonchev–Trinajstić information content (AvgIpc) is 2.81. The van der Waals surface area contributed by atoms with E-state index in [1.807, 2.05) is 13.8 Å². The third-order valence-corrected chi connectivity index (χ3v) is 3.47. The van der Waals surface area contributed by atoms with Crippen LogP contribution in [0.15, 0.2) is 12.1 Å². The van der Waals surface area contributed by atoms with Crippen molar-refractivity contribution < 1.29 is 29.2 Å². The second-order valence-corrected chi connectivity index (χ2v) is 5.31. The third-order valence-electron chi connectivity index (χ3n) is 3.47. The van der Waals surface area contributed by atoms with Crippen LogP contribution >= 0.6 is 0 Å². The van der Waals surface area contributed by atoms with Crippen molar-refractivity contribution >= 4 is 5.97 Å². The van der Waals surface area contributed by atoms with Gasteiger partial charge in [0.1, 0.15) is 17.9 Å². The molecule has 6 nitrogen and oxygen atoms in total. The third kappa shape index (κ3) is 2.80. The molecule has 0 saturated heterocycles. The number of carboxylic acids is 1. The maximum Gasteiger partial charge on any atom is 0.339 e. The summed E-state index contributed by atoms with van der Waals surface area (Å²) in [5.74, 6) is -0.172. The van der Waals surface area contributed by atoms with Crippen molar-refractivity contribution in [2.24, 2.45) is 5.92 Å². The van der Waals surface area contributed by atoms with Crippen LogP contribution in [0.3, 0.4) is 0 Å². The van der Waals surface area contributed by atoms with Gasteiger partial charge in [-0.2, -0.15) is 0 Å².